The van der Waals surface area contributed by atoms with Crippen molar-refractivity contribution in [2.24, 2.45) is 0 Å². The molecule has 0 aliphatic carbocycles. The predicted molar refractivity (Wildman–Crippen MR) is 74.8 cm³/mol. The van der Waals surface area contributed by atoms with Gasteiger partial charge in [0.05, 0.1) is 11.6 Å². The molecule has 1 aliphatic rings. The monoisotopic (exact) mass is 269 g/mol. The van der Waals surface area contributed by atoms with Gasteiger partial charge >= 0.3 is 5.97 Å². The quantitative estimate of drug-likeness (QED) is 0.927. The van der Waals surface area contributed by atoms with Gasteiger partial charge in [-0.1, -0.05) is 6.07 Å². The Morgan fingerprint density at radius 2 is 2.20 bits per heavy atom. The molecular weight excluding hydrogens is 254 g/mol. The standard InChI is InChI=1S/C15H15N3O2/c19-15(20)12-5-6-14(17-10-12)18-8-2-4-13(18)11-3-1-7-16-9-11/h1,3,5-7,9-10,13H,2,4,8H2,(H,19,20)/t13-/m0/s1. The third-order valence-corrected chi connectivity index (χ3v) is 3.61. The van der Waals surface area contributed by atoms with Gasteiger partial charge in [-0.05, 0) is 36.6 Å². The zero-order valence-electron chi connectivity index (χ0n) is 10.9. The zero-order chi connectivity index (χ0) is 13.9. The second kappa shape index (κ2) is 5.28. The zero-order valence-corrected chi connectivity index (χ0v) is 10.9. The number of anilines is 1. The van der Waals surface area contributed by atoms with E-state index in [2.05, 4.69) is 20.9 Å². The maximum absolute atomic E-state index is 10.9. The first-order valence-corrected chi connectivity index (χ1v) is 6.61. The summed E-state index contributed by atoms with van der Waals surface area (Å²) in [5.74, 6) is -0.129. The first-order valence-electron chi connectivity index (χ1n) is 6.61. The normalized spacial score (nSPS) is 18.2. The maximum Gasteiger partial charge on any atom is 0.337 e. The molecule has 2 aromatic rings. The topological polar surface area (TPSA) is 66.3 Å². The van der Waals surface area contributed by atoms with E-state index in [9.17, 15) is 4.79 Å². The van der Waals surface area contributed by atoms with Crippen LogP contribution in [0.5, 0.6) is 0 Å². The summed E-state index contributed by atoms with van der Waals surface area (Å²) >= 11 is 0. The van der Waals surface area contributed by atoms with E-state index < -0.39 is 5.97 Å². The van der Waals surface area contributed by atoms with Crippen LogP contribution in [0, 0.1) is 0 Å². The molecule has 0 aromatic carbocycles. The predicted octanol–water partition coefficient (Wildman–Crippen LogP) is 2.52. The van der Waals surface area contributed by atoms with Crippen molar-refractivity contribution in [2.75, 3.05) is 11.4 Å². The highest BCUT2D eigenvalue weighted by Crippen LogP contribution is 2.34. The molecule has 0 unspecified atom stereocenters. The van der Waals surface area contributed by atoms with Crippen molar-refractivity contribution in [1.29, 1.82) is 0 Å². The largest absolute Gasteiger partial charge is 0.478 e. The fourth-order valence-electron chi connectivity index (χ4n) is 2.64. The van der Waals surface area contributed by atoms with Crippen LogP contribution in [0.1, 0.15) is 34.8 Å². The minimum atomic E-state index is -0.950. The summed E-state index contributed by atoms with van der Waals surface area (Å²) in [7, 11) is 0. The summed E-state index contributed by atoms with van der Waals surface area (Å²) in [5.41, 5.74) is 1.39. The van der Waals surface area contributed by atoms with Gasteiger partial charge in [-0.15, -0.1) is 0 Å². The van der Waals surface area contributed by atoms with Crippen LogP contribution in [0.2, 0.25) is 0 Å². The van der Waals surface area contributed by atoms with E-state index in [0.29, 0.717) is 0 Å². The summed E-state index contributed by atoms with van der Waals surface area (Å²) in [4.78, 5) is 21.5. The van der Waals surface area contributed by atoms with Crippen molar-refractivity contribution in [1.82, 2.24) is 9.97 Å². The van der Waals surface area contributed by atoms with Crippen LogP contribution in [-0.4, -0.2) is 27.6 Å². The van der Waals surface area contributed by atoms with E-state index in [1.165, 1.54) is 11.8 Å². The highest BCUT2D eigenvalue weighted by Gasteiger charge is 2.27. The van der Waals surface area contributed by atoms with Gasteiger partial charge in [-0.2, -0.15) is 0 Å². The highest BCUT2D eigenvalue weighted by atomic mass is 16.4. The van der Waals surface area contributed by atoms with Crippen molar-refractivity contribution >= 4 is 11.8 Å². The second-order valence-electron chi connectivity index (χ2n) is 4.85. The number of nitrogens with zero attached hydrogens (tertiary/aromatic N) is 3. The van der Waals surface area contributed by atoms with Crippen LogP contribution < -0.4 is 4.90 Å². The van der Waals surface area contributed by atoms with E-state index in [1.54, 1.807) is 18.3 Å². The van der Waals surface area contributed by atoms with Crippen molar-refractivity contribution in [3.8, 4) is 0 Å². The lowest BCUT2D eigenvalue weighted by Crippen LogP contribution is -2.23. The van der Waals surface area contributed by atoms with Gasteiger partial charge in [-0.25, -0.2) is 9.78 Å². The number of aromatic nitrogens is 2. The number of rotatable bonds is 3. The minimum absolute atomic E-state index is 0.214. The Hall–Kier alpha value is -2.43. The van der Waals surface area contributed by atoms with Crippen molar-refractivity contribution in [3.63, 3.8) is 0 Å². The number of hydrogen-bond acceptors (Lipinski definition) is 4. The molecule has 102 valence electrons. The number of carbonyl (C=O) groups is 1. The second-order valence-corrected chi connectivity index (χ2v) is 4.85. The van der Waals surface area contributed by atoms with E-state index in [4.69, 9.17) is 5.11 Å². The fourth-order valence-corrected chi connectivity index (χ4v) is 2.64. The summed E-state index contributed by atoms with van der Waals surface area (Å²) in [6.07, 6.45) is 7.23. The molecule has 0 saturated carbocycles. The van der Waals surface area contributed by atoms with E-state index >= 15 is 0 Å². The molecule has 2 aromatic heterocycles. The van der Waals surface area contributed by atoms with Gasteiger partial charge in [0, 0.05) is 25.1 Å². The summed E-state index contributed by atoms with van der Waals surface area (Å²) < 4.78 is 0. The molecule has 0 radical (unpaired) electrons. The van der Waals surface area contributed by atoms with Crippen LogP contribution in [0.4, 0.5) is 5.82 Å². The lowest BCUT2D eigenvalue weighted by atomic mass is 10.1. The number of hydrogen-bond donors (Lipinski definition) is 1. The SMILES string of the molecule is O=C(O)c1ccc(N2CCC[C@H]2c2cccnc2)nc1. The number of carboxylic acid groups (broad SMARTS) is 1. The molecule has 1 N–H and O–H groups in total. The van der Waals surface area contributed by atoms with Crippen LogP contribution >= 0.6 is 0 Å². The summed E-state index contributed by atoms with van der Waals surface area (Å²) in [6.45, 7) is 0.930. The highest BCUT2D eigenvalue weighted by molar-refractivity contribution is 5.87. The molecule has 1 atom stereocenters. The Balaban J connectivity index is 1.87. The first kappa shape index (κ1) is 12.6. The first-order chi connectivity index (χ1) is 9.75. The third-order valence-electron chi connectivity index (χ3n) is 3.61. The van der Waals surface area contributed by atoms with Crippen molar-refractivity contribution < 1.29 is 9.90 Å². The Bertz CT molecular complexity index is 598. The Labute approximate surface area is 116 Å². The Morgan fingerprint density at radius 1 is 1.30 bits per heavy atom. The van der Waals surface area contributed by atoms with Crippen LogP contribution in [0.25, 0.3) is 0 Å². The smallest absolute Gasteiger partial charge is 0.337 e. The maximum atomic E-state index is 10.9. The number of carboxylic acids is 1. The molecule has 0 spiro atoms. The molecule has 5 nitrogen and oxygen atoms in total. The van der Waals surface area contributed by atoms with Gasteiger partial charge in [-0.3, -0.25) is 4.98 Å². The minimum Gasteiger partial charge on any atom is -0.478 e. The molecule has 3 rings (SSSR count). The number of aromatic carboxylic acids is 1. The third kappa shape index (κ3) is 2.34. The summed E-state index contributed by atoms with van der Waals surface area (Å²) in [5, 5.41) is 8.91. The Morgan fingerprint density at radius 3 is 2.85 bits per heavy atom. The molecule has 20 heavy (non-hydrogen) atoms. The number of pyridine rings is 2. The molecule has 0 amide bonds. The lowest BCUT2D eigenvalue weighted by molar-refractivity contribution is 0.0696. The van der Waals surface area contributed by atoms with Crippen LogP contribution in [0.15, 0.2) is 42.9 Å². The van der Waals surface area contributed by atoms with Gasteiger partial charge in [0.25, 0.3) is 0 Å². The molecule has 1 aliphatic heterocycles. The summed E-state index contributed by atoms with van der Waals surface area (Å²) in [6, 6.07) is 7.66. The van der Waals surface area contributed by atoms with E-state index in [0.717, 1.165) is 25.2 Å². The molecule has 0 bridgehead atoms. The average molecular weight is 269 g/mol. The van der Waals surface area contributed by atoms with Gasteiger partial charge in [0.1, 0.15) is 5.82 Å². The van der Waals surface area contributed by atoms with E-state index in [-0.39, 0.29) is 11.6 Å². The molecule has 3 heterocycles. The van der Waals surface area contributed by atoms with Crippen molar-refractivity contribution in [3.05, 3.63) is 54.0 Å². The molecular formula is C15H15N3O2. The van der Waals surface area contributed by atoms with Crippen molar-refractivity contribution in [2.45, 2.75) is 18.9 Å². The Kier molecular flexibility index (Phi) is 3.33. The van der Waals surface area contributed by atoms with E-state index in [1.807, 2.05) is 12.3 Å². The molecule has 1 saturated heterocycles. The van der Waals surface area contributed by atoms with Crippen LogP contribution in [-0.2, 0) is 0 Å². The molecule has 5 heteroatoms. The van der Waals surface area contributed by atoms with Gasteiger partial charge in [0.2, 0.25) is 0 Å². The van der Waals surface area contributed by atoms with Gasteiger partial charge in [0.15, 0.2) is 0 Å². The lowest BCUT2D eigenvalue weighted by Gasteiger charge is -2.25. The molecule has 1 fully saturated rings. The average Bonchev–Trinajstić information content (AvgIpc) is 2.97. The van der Waals surface area contributed by atoms with Gasteiger partial charge < -0.3 is 10.0 Å². The fraction of sp³-hybridized carbons (Fsp3) is 0.267. The van der Waals surface area contributed by atoms with Crippen LogP contribution in [0.3, 0.4) is 0 Å².